The molecule has 0 aliphatic rings. The van der Waals surface area contributed by atoms with Gasteiger partial charge in [0.15, 0.2) is 0 Å². The molecule has 0 saturated heterocycles. The second-order valence-corrected chi connectivity index (χ2v) is 6.28. The summed E-state index contributed by atoms with van der Waals surface area (Å²) < 4.78 is 7.59. The fourth-order valence-corrected chi connectivity index (χ4v) is 2.40. The van der Waals surface area contributed by atoms with E-state index in [9.17, 15) is 9.90 Å². The Balaban J connectivity index is 1.86. The fourth-order valence-electron chi connectivity index (χ4n) is 2.14. The van der Waals surface area contributed by atoms with E-state index in [-0.39, 0.29) is 0 Å². The van der Waals surface area contributed by atoms with Gasteiger partial charge >= 0.3 is 6.03 Å². The van der Waals surface area contributed by atoms with Crippen LogP contribution >= 0.6 is 15.9 Å². The van der Waals surface area contributed by atoms with E-state index in [0.29, 0.717) is 18.8 Å². The lowest BCUT2D eigenvalue weighted by Crippen LogP contribution is -2.39. The van der Waals surface area contributed by atoms with E-state index in [0.717, 1.165) is 10.0 Å². The van der Waals surface area contributed by atoms with Crippen LogP contribution in [0.1, 0.15) is 18.6 Å². The van der Waals surface area contributed by atoms with Gasteiger partial charge in [-0.15, -0.1) is 0 Å². The van der Waals surface area contributed by atoms with Crippen LogP contribution in [0.5, 0.6) is 0 Å². The van der Waals surface area contributed by atoms with Crippen LogP contribution in [0, 0.1) is 0 Å². The summed E-state index contributed by atoms with van der Waals surface area (Å²) in [4.78, 5) is 12.0. The molecule has 1 heterocycles. The zero-order chi connectivity index (χ0) is 17.5. The molecule has 130 valence electrons. The van der Waals surface area contributed by atoms with Crippen LogP contribution in [-0.2, 0) is 11.3 Å². The molecule has 2 aromatic rings. The largest absolute Gasteiger partial charge is 0.386 e. The molecule has 2 amide bonds. The summed E-state index contributed by atoms with van der Waals surface area (Å²) in [6.45, 7) is 2.90. The number of aliphatic hydroxyl groups excluding tert-OH is 1. The third-order valence-corrected chi connectivity index (χ3v) is 3.99. The van der Waals surface area contributed by atoms with Gasteiger partial charge in [0.2, 0.25) is 0 Å². The van der Waals surface area contributed by atoms with E-state index in [1.165, 1.54) is 0 Å². The summed E-state index contributed by atoms with van der Waals surface area (Å²) in [5, 5.41) is 19.8. The van der Waals surface area contributed by atoms with Crippen LogP contribution in [-0.4, -0.2) is 40.7 Å². The number of nitrogens with zero attached hydrogens (tertiary/aromatic N) is 2. The number of hydrogen-bond donors (Lipinski definition) is 3. The van der Waals surface area contributed by atoms with Crippen LogP contribution in [0.3, 0.4) is 0 Å². The number of aromatic nitrogens is 2. The van der Waals surface area contributed by atoms with Gasteiger partial charge in [-0.1, -0.05) is 28.1 Å². The second-order valence-electron chi connectivity index (χ2n) is 5.37. The zero-order valence-electron chi connectivity index (χ0n) is 13.6. The third kappa shape index (κ3) is 5.33. The highest BCUT2D eigenvalue weighted by molar-refractivity contribution is 9.10. The van der Waals surface area contributed by atoms with Gasteiger partial charge in [-0.2, -0.15) is 5.10 Å². The first-order chi connectivity index (χ1) is 11.5. The number of amides is 2. The van der Waals surface area contributed by atoms with Crippen molar-refractivity contribution < 1.29 is 14.6 Å². The van der Waals surface area contributed by atoms with Crippen LogP contribution in [0.15, 0.2) is 41.1 Å². The van der Waals surface area contributed by atoms with Gasteiger partial charge in [0, 0.05) is 17.8 Å². The highest BCUT2D eigenvalue weighted by Crippen LogP contribution is 2.19. The number of hydrogen-bond acceptors (Lipinski definition) is 4. The molecule has 3 N–H and O–H groups in total. The molecule has 7 nitrogen and oxygen atoms in total. The van der Waals surface area contributed by atoms with E-state index < -0.39 is 18.2 Å². The van der Waals surface area contributed by atoms with Crippen molar-refractivity contribution in [3.8, 4) is 0 Å². The van der Waals surface area contributed by atoms with Gasteiger partial charge in [0.25, 0.3) is 0 Å². The molecule has 1 aromatic carbocycles. The molecule has 0 aliphatic carbocycles. The number of halogens is 1. The predicted molar refractivity (Wildman–Crippen MR) is 94.8 cm³/mol. The van der Waals surface area contributed by atoms with Crippen LogP contribution < -0.4 is 10.6 Å². The van der Waals surface area contributed by atoms with Gasteiger partial charge in [-0.25, -0.2) is 4.79 Å². The first-order valence-corrected chi connectivity index (χ1v) is 8.31. The number of methoxy groups -OCH3 is 1. The summed E-state index contributed by atoms with van der Waals surface area (Å²) in [5.74, 6) is 0. The molecular weight excluding hydrogens is 376 g/mol. The molecule has 8 heteroatoms. The van der Waals surface area contributed by atoms with Crippen molar-refractivity contribution in [3.05, 3.63) is 46.7 Å². The maximum absolute atomic E-state index is 12.0. The van der Waals surface area contributed by atoms with E-state index >= 15 is 0 Å². The predicted octanol–water partition coefficient (Wildman–Crippen LogP) is 2.54. The van der Waals surface area contributed by atoms with Crippen molar-refractivity contribution in [2.45, 2.75) is 25.6 Å². The number of benzene rings is 1. The maximum atomic E-state index is 12.0. The number of carbonyl (C=O) groups is 1. The molecule has 1 aromatic heterocycles. The normalized spacial score (nSPS) is 13.3. The first-order valence-electron chi connectivity index (χ1n) is 7.52. The molecule has 0 radical (unpaired) electrons. The number of rotatable bonds is 7. The van der Waals surface area contributed by atoms with Crippen LogP contribution in [0.2, 0.25) is 0 Å². The Kier molecular flexibility index (Phi) is 6.77. The highest BCUT2D eigenvalue weighted by Gasteiger charge is 2.18. The Morgan fingerprint density at radius 2 is 2.12 bits per heavy atom. The maximum Gasteiger partial charge on any atom is 0.319 e. The van der Waals surface area contributed by atoms with Crippen LogP contribution in [0.25, 0.3) is 0 Å². The Labute approximate surface area is 149 Å². The molecule has 0 saturated carbocycles. The number of carbonyl (C=O) groups excluding carboxylic acids is 1. The summed E-state index contributed by atoms with van der Waals surface area (Å²) >= 11 is 3.35. The van der Waals surface area contributed by atoms with Crippen molar-refractivity contribution in [2.24, 2.45) is 0 Å². The Bertz CT molecular complexity index is 660. The van der Waals surface area contributed by atoms with E-state index in [4.69, 9.17) is 4.74 Å². The van der Waals surface area contributed by atoms with Crippen molar-refractivity contribution in [1.29, 1.82) is 0 Å². The van der Waals surface area contributed by atoms with Crippen molar-refractivity contribution in [1.82, 2.24) is 15.1 Å². The molecule has 0 bridgehead atoms. The van der Waals surface area contributed by atoms with Gasteiger partial charge in [0.05, 0.1) is 37.2 Å². The number of ether oxygens (including phenoxy) is 1. The van der Waals surface area contributed by atoms with Crippen molar-refractivity contribution >= 4 is 27.6 Å². The monoisotopic (exact) mass is 396 g/mol. The average molecular weight is 397 g/mol. The lowest BCUT2D eigenvalue weighted by molar-refractivity contribution is 0.139. The van der Waals surface area contributed by atoms with Gasteiger partial charge < -0.3 is 20.5 Å². The smallest absolute Gasteiger partial charge is 0.319 e. The summed E-state index contributed by atoms with van der Waals surface area (Å²) in [5.41, 5.74) is 1.31. The molecule has 0 fully saturated rings. The number of anilines is 1. The van der Waals surface area contributed by atoms with Crippen LogP contribution in [0.4, 0.5) is 10.5 Å². The Hall–Kier alpha value is -1.90. The molecule has 2 atom stereocenters. The van der Waals surface area contributed by atoms with E-state index in [1.807, 2.05) is 24.3 Å². The Morgan fingerprint density at radius 3 is 2.79 bits per heavy atom. The molecule has 24 heavy (non-hydrogen) atoms. The zero-order valence-corrected chi connectivity index (χ0v) is 15.2. The summed E-state index contributed by atoms with van der Waals surface area (Å²) in [7, 11) is 1.62. The van der Waals surface area contributed by atoms with Gasteiger partial charge in [-0.3, -0.25) is 4.68 Å². The highest BCUT2D eigenvalue weighted by atomic mass is 79.9. The molecule has 0 aliphatic heterocycles. The minimum Gasteiger partial charge on any atom is -0.386 e. The minimum absolute atomic E-state index is 0.398. The summed E-state index contributed by atoms with van der Waals surface area (Å²) in [6, 6.07) is 6.47. The fraction of sp³-hybridized carbons (Fsp3) is 0.375. The molecule has 2 rings (SSSR count). The molecule has 0 spiro atoms. The summed E-state index contributed by atoms with van der Waals surface area (Å²) in [6.07, 6.45) is 2.48. The SMILES string of the molecule is COCCn1cc(NC(=O)NC(C)C(O)c2ccc(Br)cc2)cn1. The number of nitrogens with one attached hydrogen (secondary N) is 2. The third-order valence-electron chi connectivity index (χ3n) is 3.46. The van der Waals surface area contributed by atoms with Crippen molar-refractivity contribution in [3.63, 3.8) is 0 Å². The molecular formula is C16H21BrN4O3. The number of aliphatic hydroxyl groups is 1. The average Bonchev–Trinajstić information content (AvgIpc) is 3.00. The lowest BCUT2D eigenvalue weighted by Gasteiger charge is -2.20. The minimum atomic E-state index is -0.798. The lowest BCUT2D eigenvalue weighted by atomic mass is 10.0. The first kappa shape index (κ1) is 18.4. The van der Waals surface area contributed by atoms with Crippen molar-refractivity contribution in [2.75, 3.05) is 19.0 Å². The van der Waals surface area contributed by atoms with Gasteiger partial charge in [0.1, 0.15) is 0 Å². The van der Waals surface area contributed by atoms with E-state index in [1.54, 1.807) is 31.1 Å². The topological polar surface area (TPSA) is 88.4 Å². The Morgan fingerprint density at radius 1 is 1.42 bits per heavy atom. The van der Waals surface area contributed by atoms with Gasteiger partial charge in [-0.05, 0) is 24.6 Å². The molecule has 2 unspecified atom stereocenters. The van der Waals surface area contributed by atoms with E-state index in [2.05, 4.69) is 31.7 Å². The standard InChI is InChI=1S/C16H21BrN4O3/c1-11(15(22)12-3-5-13(17)6-4-12)19-16(23)20-14-9-18-21(10-14)7-8-24-2/h3-6,9-11,15,22H,7-8H2,1-2H3,(H2,19,20,23). The second kappa shape index (κ2) is 8.81. The quantitative estimate of drug-likeness (QED) is 0.670. The number of urea groups is 1.